The first-order valence-electron chi connectivity index (χ1n) is 3.60. The largest absolute Gasteiger partial charge is 0.337 e. The molecule has 0 saturated carbocycles. The minimum atomic E-state index is -4.55. The summed E-state index contributed by atoms with van der Waals surface area (Å²) < 4.78 is 39.4. The van der Waals surface area contributed by atoms with E-state index in [1.807, 2.05) is 0 Å². The van der Waals surface area contributed by atoms with E-state index >= 15 is 0 Å². The van der Waals surface area contributed by atoms with Crippen molar-refractivity contribution in [1.82, 2.24) is 0 Å². The van der Waals surface area contributed by atoms with Gasteiger partial charge in [0.05, 0.1) is 0 Å². The molecule has 18 heavy (non-hydrogen) atoms. The molecule has 0 aliphatic rings. The summed E-state index contributed by atoms with van der Waals surface area (Å²) in [5.41, 5.74) is 0. The quantitative estimate of drug-likeness (QED) is 0.273. The van der Waals surface area contributed by atoms with Gasteiger partial charge in [-0.3, -0.25) is 18.3 Å². The molecule has 0 radical (unpaired) electrons. The van der Waals surface area contributed by atoms with Crippen LogP contribution in [0.5, 0.6) is 0 Å². The minimum Gasteiger partial charge on any atom is -0.324 e. The Bertz CT molecular complexity index is 345. The van der Waals surface area contributed by atoms with E-state index in [1.165, 1.54) is 0 Å². The van der Waals surface area contributed by atoms with Crippen molar-refractivity contribution in [2.75, 3.05) is 11.8 Å². The fourth-order valence-electron chi connectivity index (χ4n) is 0.480. The van der Waals surface area contributed by atoms with Crippen molar-refractivity contribution in [1.29, 1.82) is 0 Å². The molecular formula is C2H12O12P4. The summed E-state index contributed by atoms with van der Waals surface area (Å²) in [6.45, 7) is 0. The van der Waals surface area contributed by atoms with Gasteiger partial charge in [-0.1, -0.05) is 0 Å². The van der Waals surface area contributed by atoms with Gasteiger partial charge in [-0.15, -0.1) is 0 Å². The summed E-state index contributed by atoms with van der Waals surface area (Å²) in [5, 5.41) is 0. The predicted octanol–water partition coefficient (Wildman–Crippen LogP) is -1.40. The molecule has 0 spiro atoms. The van der Waals surface area contributed by atoms with Crippen LogP contribution in [-0.2, 0) is 18.3 Å². The summed E-state index contributed by atoms with van der Waals surface area (Å²) in [6.07, 6.45) is 0. The molecule has 0 aromatic rings. The summed E-state index contributed by atoms with van der Waals surface area (Å²) in [7, 11) is -18.2. The lowest BCUT2D eigenvalue weighted by Gasteiger charge is -2.03. The van der Waals surface area contributed by atoms with Gasteiger partial charge < -0.3 is 39.1 Å². The normalized spacial score (nSPS) is 13.8. The highest BCUT2D eigenvalue weighted by Crippen LogP contribution is 2.52. The topological polar surface area (TPSA) is 230 Å². The molecule has 0 aromatic heterocycles. The summed E-state index contributed by atoms with van der Waals surface area (Å²) in [6, 6.07) is 0. The first-order chi connectivity index (χ1) is 7.41. The van der Waals surface area contributed by atoms with Crippen molar-refractivity contribution < 1.29 is 57.4 Å². The molecule has 0 aliphatic carbocycles. The second-order valence-corrected chi connectivity index (χ2v) is 10.5. The molecule has 0 aromatic carbocycles. The van der Waals surface area contributed by atoms with Gasteiger partial charge in [0.1, 0.15) is 0 Å². The van der Waals surface area contributed by atoms with Crippen molar-refractivity contribution >= 4 is 30.4 Å². The van der Waals surface area contributed by atoms with E-state index in [9.17, 15) is 18.3 Å². The highest BCUT2D eigenvalue weighted by atomic mass is 31.2. The third-order valence-electron chi connectivity index (χ3n) is 0.737. The highest BCUT2D eigenvalue weighted by Gasteiger charge is 2.27. The molecule has 12 nitrogen and oxygen atoms in total. The zero-order valence-electron chi connectivity index (χ0n) is 8.41. The second-order valence-electron chi connectivity index (χ2n) is 2.94. The van der Waals surface area contributed by atoms with Crippen molar-refractivity contribution in [3.8, 4) is 0 Å². The minimum absolute atomic E-state index is 1.38. The van der Waals surface area contributed by atoms with Crippen LogP contribution in [-0.4, -0.2) is 51.0 Å². The Morgan fingerprint density at radius 1 is 0.444 bits per heavy atom. The Morgan fingerprint density at radius 2 is 0.556 bits per heavy atom. The molecule has 0 bridgehead atoms. The molecule has 0 fully saturated rings. The molecule has 0 unspecified atom stereocenters. The monoisotopic (exact) mass is 352 g/mol. The van der Waals surface area contributed by atoms with E-state index in [0.717, 1.165) is 0 Å². The van der Waals surface area contributed by atoms with Gasteiger partial charge in [0.2, 0.25) is 0 Å². The Morgan fingerprint density at radius 3 is 0.556 bits per heavy atom. The first kappa shape index (κ1) is 20.9. The fourth-order valence-corrected chi connectivity index (χ4v) is 4.32. The van der Waals surface area contributed by atoms with Gasteiger partial charge in [0.25, 0.3) is 0 Å². The average molecular weight is 352 g/mol. The van der Waals surface area contributed by atoms with Crippen molar-refractivity contribution in [2.45, 2.75) is 0 Å². The maximum absolute atomic E-state index is 9.85. The predicted molar refractivity (Wildman–Crippen MR) is 57.9 cm³/mol. The summed E-state index contributed by atoms with van der Waals surface area (Å²) >= 11 is 0. The van der Waals surface area contributed by atoms with E-state index in [-0.39, 0.29) is 0 Å². The Labute approximate surface area is 100 Å². The van der Waals surface area contributed by atoms with E-state index in [4.69, 9.17) is 39.1 Å². The molecule has 0 aliphatic heterocycles. The standard InChI is InChI=1S/2CH6O6P2/c2*2-8(3,4)1-9(5,6)7/h2*1H2,(H2,2,3,4)(H2,5,6,7). The first-order valence-corrected chi connectivity index (χ1v) is 10.8. The van der Waals surface area contributed by atoms with Crippen LogP contribution in [0.1, 0.15) is 0 Å². The van der Waals surface area contributed by atoms with Crippen LogP contribution < -0.4 is 0 Å². The number of hydrogen-bond acceptors (Lipinski definition) is 4. The SMILES string of the molecule is O=P(O)(O)CP(=O)(O)O.O=P(O)(O)CP(=O)(O)O. The summed E-state index contributed by atoms with van der Waals surface area (Å²) in [4.78, 5) is 63.8. The third kappa shape index (κ3) is 25.4. The maximum Gasteiger partial charge on any atom is 0.337 e. The van der Waals surface area contributed by atoms with Crippen LogP contribution in [0.3, 0.4) is 0 Å². The van der Waals surface area contributed by atoms with E-state index in [2.05, 4.69) is 0 Å². The van der Waals surface area contributed by atoms with Crippen LogP contribution in [0.4, 0.5) is 0 Å². The van der Waals surface area contributed by atoms with E-state index < -0.39 is 42.2 Å². The van der Waals surface area contributed by atoms with Crippen LogP contribution in [0.2, 0.25) is 0 Å². The Balaban J connectivity index is 0. The molecule has 8 N–H and O–H groups in total. The lowest BCUT2D eigenvalue weighted by atomic mass is 11.9. The molecule has 112 valence electrons. The van der Waals surface area contributed by atoms with Crippen LogP contribution in [0.15, 0.2) is 0 Å². The number of rotatable bonds is 4. The molecular weight excluding hydrogens is 340 g/mol. The zero-order chi connectivity index (χ0) is 15.4. The van der Waals surface area contributed by atoms with E-state index in [0.29, 0.717) is 0 Å². The Hall–Kier alpha value is 0.600. The highest BCUT2D eigenvalue weighted by molar-refractivity contribution is 7.69. The van der Waals surface area contributed by atoms with Gasteiger partial charge >= 0.3 is 30.4 Å². The van der Waals surface area contributed by atoms with Gasteiger partial charge in [-0.05, 0) is 0 Å². The maximum atomic E-state index is 9.85. The summed E-state index contributed by atoms with van der Waals surface area (Å²) in [5.74, 6) is -2.75. The zero-order valence-corrected chi connectivity index (χ0v) is 12.0. The Kier molecular flexibility index (Phi) is 7.96. The molecule has 16 heteroatoms. The van der Waals surface area contributed by atoms with Crippen molar-refractivity contribution in [2.24, 2.45) is 0 Å². The average Bonchev–Trinajstić information content (AvgIpc) is 1.64. The lowest BCUT2D eigenvalue weighted by molar-refractivity contribution is 0.352. The molecule has 0 atom stereocenters. The van der Waals surface area contributed by atoms with E-state index in [1.54, 1.807) is 0 Å². The van der Waals surface area contributed by atoms with Gasteiger partial charge in [0, 0.05) is 0 Å². The van der Waals surface area contributed by atoms with Crippen molar-refractivity contribution in [3.63, 3.8) is 0 Å². The fraction of sp³-hybridized carbons (Fsp3) is 1.00. The third-order valence-corrected chi connectivity index (χ3v) is 6.63. The second kappa shape index (κ2) is 6.85. The lowest BCUT2D eigenvalue weighted by Crippen LogP contribution is -1.88. The molecule has 0 heterocycles. The smallest absolute Gasteiger partial charge is 0.324 e. The molecule has 0 rings (SSSR count). The van der Waals surface area contributed by atoms with Crippen LogP contribution in [0, 0.1) is 0 Å². The van der Waals surface area contributed by atoms with Crippen LogP contribution in [0.25, 0.3) is 0 Å². The van der Waals surface area contributed by atoms with Crippen molar-refractivity contribution in [3.05, 3.63) is 0 Å². The molecule has 0 amide bonds. The van der Waals surface area contributed by atoms with Gasteiger partial charge in [-0.25, -0.2) is 0 Å². The number of hydrogen-bond donors (Lipinski definition) is 8. The van der Waals surface area contributed by atoms with Crippen LogP contribution >= 0.6 is 30.4 Å². The van der Waals surface area contributed by atoms with Gasteiger partial charge in [0.15, 0.2) is 11.8 Å². The molecule has 0 saturated heterocycles. The van der Waals surface area contributed by atoms with Gasteiger partial charge in [-0.2, -0.15) is 0 Å².